The first-order valence-electron chi connectivity index (χ1n) is 9.43. The molecule has 0 fully saturated rings. The van der Waals surface area contributed by atoms with Crippen LogP contribution in [0.2, 0.25) is 0 Å². The van der Waals surface area contributed by atoms with Crippen LogP contribution >= 0.6 is 27.3 Å². The normalized spacial score (nSPS) is 11.3. The first-order valence-corrected chi connectivity index (χ1v) is 11.0. The Balaban J connectivity index is 1.26. The standard InChI is InChI=1S/C22H15BrN4O3S/c23-13-5-7-16-15(9-13)22(29)27(12-25-16)11-20(28)24-10-14-6-8-18(30-14)21-26-17-3-1-2-4-19(17)31-21/h1-9,12H,10-11H2,(H,24,28). The minimum absolute atomic E-state index is 0.125. The highest BCUT2D eigenvalue weighted by Crippen LogP contribution is 2.31. The van der Waals surface area contributed by atoms with Gasteiger partial charge in [0.05, 0.1) is 34.0 Å². The van der Waals surface area contributed by atoms with Crippen molar-refractivity contribution in [1.29, 1.82) is 0 Å². The zero-order valence-corrected chi connectivity index (χ0v) is 18.4. The Morgan fingerprint density at radius 2 is 2.00 bits per heavy atom. The highest BCUT2D eigenvalue weighted by Gasteiger charge is 2.12. The smallest absolute Gasteiger partial charge is 0.261 e. The van der Waals surface area contributed by atoms with Gasteiger partial charge in [-0.3, -0.25) is 14.2 Å². The van der Waals surface area contributed by atoms with E-state index < -0.39 is 0 Å². The van der Waals surface area contributed by atoms with Crippen LogP contribution in [-0.2, 0) is 17.9 Å². The van der Waals surface area contributed by atoms with Crippen LogP contribution in [0.4, 0.5) is 0 Å². The number of benzene rings is 2. The predicted octanol–water partition coefficient (Wildman–Crippen LogP) is 4.35. The van der Waals surface area contributed by atoms with Crippen LogP contribution in [0.5, 0.6) is 0 Å². The van der Waals surface area contributed by atoms with Crippen molar-refractivity contribution in [2.45, 2.75) is 13.1 Å². The van der Waals surface area contributed by atoms with Gasteiger partial charge >= 0.3 is 0 Å². The summed E-state index contributed by atoms with van der Waals surface area (Å²) in [5.41, 5.74) is 1.25. The van der Waals surface area contributed by atoms with Crippen LogP contribution in [0, 0.1) is 0 Å². The molecule has 154 valence electrons. The minimum Gasteiger partial charge on any atom is -0.457 e. The largest absolute Gasteiger partial charge is 0.457 e. The molecule has 0 atom stereocenters. The van der Waals surface area contributed by atoms with Gasteiger partial charge in [0.2, 0.25) is 5.91 Å². The van der Waals surface area contributed by atoms with Crippen molar-refractivity contribution < 1.29 is 9.21 Å². The molecule has 0 unspecified atom stereocenters. The van der Waals surface area contributed by atoms with Crippen molar-refractivity contribution in [3.8, 4) is 10.8 Å². The van der Waals surface area contributed by atoms with Crippen molar-refractivity contribution >= 4 is 54.3 Å². The van der Waals surface area contributed by atoms with Crippen LogP contribution < -0.4 is 10.9 Å². The number of carbonyl (C=O) groups is 1. The number of para-hydroxylation sites is 1. The van der Waals surface area contributed by atoms with Crippen molar-refractivity contribution in [2.75, 3.05) is 0 Å². The molecular formula is C22H15BrN4O3S. The summed E-state index contributed by atoms with van der Waals surface area (Å²) >= 11 is 4.90. The number of hydrogen-bond donors (Lipinski definition) is 1. The number of hydrogen-bond acceptors (Lipinski definition) is 6. The average molecular weight is 495 g/mol. The topological polar surface area (TPSA) is 90.0 Å². The number of amides is 1. The van der Waals surface area contributed by atoms with Gasteiger partial charge in [-0.25, -0.2) is 9.97 Å². The van der Waals surface area contributed by atoms with Crippen LogP contribution in [0.25, 0.3) is 31.9 Å². The number of furan rings is 1. The van der Waals surface area contributed by atoms with Crippen molar-refractivity contribution in [3.05, 3.63) is 81.5 Å². The van der Waals surface area contributed by atoms with Gasteiger partial charge in [-0.15, -0.1) is 11.3 Å². The molecule has 9 heteroatoms. The first-order chi connectivity index (χ1) is 15.1. The van der Waals surface area contributed by atoms with Gasteiger partial charge in [0, 0.05) is 4.47 Å². The molecule has 3 aromatic heterocycles. The predicted molar refractivity (Wildman–Crippen MR) is 123 cm³/mol. The molecule has 3 heterocycles. The Labute approximate surface area is 188 Å². The zero-order valence-electron chi connectivity index (χ0n) is 16.0. The SMILES string of the molecule is O=C(Cn1cnc2ccc(Br)cc2c1=O)NCc1ccc(-c2nc3ccccc3s2)o1. The van der Waals surface area contributed by atoms with E-state index in [9.17, 15) is 9.59 Å². The second-order valence-corrected chi connectivity index (χ2v) is 8.81. The molecule has 0 aliphatic carbocycles. The fraction of sp³-hybridized carbons (Fsp3) is 0.0909. The Bertz CT molecular complexity index is 1450. The lowest BCUT2D eigenvalue weighted by atomic mass is 10.2. The van der Waals surface area contributed by atoms with E-state index in [2.05, 4.69) is 31.2 Å². The van der Waals surface area contributed by atoms with E-state index in [0.29, 0.717) is 22.4 Å². The summed E-state index contributed by atoms with van der Waals surface area (Å²) in [7, 11) is 0. The summed E-state index contributed by atoms with van der Waals surface area (Å²) in [4.78, 5) is 33.8. The molecule has 0 radical (unpaired) electrons. The molecule has 0 saturated carbocycles. The molecule has 0 bridgehead atoms. The lowest BCUT2D eigenvalue weighted by Crippen LogP contribution is -2.32. The maximum absolute atomic E-state index is 12.6. The van der Waals surface area contributed by atoms with E-state index in [-0.39, 0.29) is 24.6 Å². The van der Waals surface area contributed by atoms with Gasteiger partial charge < -0.3 is 9.73 Å². The number of rotatable bonds is 5. The summed E-state index contributed by atoms with van der Waals surface area (Å²) < 4.78 is 9.00. The zero-order chi connectivity index (χ0) is 21.4. The molecule has 5 aromatic rings. The Morgan fingerprint density at radius 1 is 1.13 bits per heavy atom. The van der Waals surface area contributed by atoms with E-state index in [4.69, 9.17) is 4.42 Å². The maximum Gasteiger partial charge on any atom is 0.261 e. The summed E-state index contributed by atoms with van der Waals surface area (Å²) in [5, 5.41) is 4.02. The molecule has 0 aliphatic rings. The summed E-state index contributed by atoms with van der Waals surface area (Å²) in [6.07, 6.45) is 1.39. The number of thiazole rings is 1. The fourth-order valence-electron chi connectivity index (χ4n) is 3.21. The Hall–Kier alpha value is -3.30. The van der Waals surface area contributed by atoms with Gasteiger partial charge in [-0.2, -0.15) is 0 Å². The van der Waals surface area contributed by atoms with Gasteiger partial charge in [-0.05, 0) is 42.5 Å². The summed E-state index contributed by atoms with van der Waals surface area (Å²) in [6, 6.07) is 16.8. The molecule has 0 aliphatic heterocycles. The quantitative estimate of drug-likeness (QED) is 0.392. The van der Waals surface area contributed by atoms with Crippen molar-refractivity contribution in [1.82, 2.24) is 19.9 Å². The molecule has 31 heavy (non-hydrogen) atoms. The third-order valence-electron chi connectivity index (χ3n) is 4.73. The molecule has 1 amide bonds. The highest BCUT2D eigenvalue weighted by atomic mass is 79.9. The van der Waals surface area contributed by atoms with Crippen molar-refractivity contribution in [3.63, 3.8) is 0 Å². The van der Waals surface area contributed by atoms with Crippen LogP contribution in [0.3, 0.4) is 0 Å². The van der Waals surface area contributed by atoms with E-state index in [1.807, 2.05) is 42.5 Å². The lowest BCUT2D eigenvalue weighted by Gasteiger charge is -2.07. The Kier molecular flexibility index (Phi) is 5.13. The van der Waals surface area contributed by atoms with Crippen LogP contribution in [0.1, 0.15) is 5.76 Å². The third kappa shape index (κ3) is 4.01. The molecule has 2 aromatic carbocycles. The second-order valence-electron chi connectivity index (χ2n) is 6.87. The van der Waals surface area contributed by atoms with Gasteiger partial charge in [0.15, 0.2) is 10.8 Å². The molecule has 1 N–H and O–H groups in total. The number of aromatic nitrogens is 3. The number of nitrogens with zero attached hydrogens (tertiary/aromatic N) is 3. The molecule has 7 nitrogen and oxygen atoms in total. The highest BCUT2D eigenvalue weighted by molar-refractivity contribution is 9.10. The molecule has 0 saturated heterocycles. The van der Waals surface area contributed by atoms with E-state index in [1.54, 1.807) is 23.5 Å². The van der Waals surface area contributed by atoms with Gasteiger partial charge in [0.25, 0.3) is 5.56 Å². The van der Waals surface area contributed by atoms with E-state index in [1.165, 1.54) is 10.9 Å². The number of nitrogens with one attached hydrogen (secondary N) is 1. The lowest BCUT2D eigenvalue weighted by molar-refractivity contribution is -0.121. The fourth-order valence-corrected chi connectivity index (χ4v) is 4.49. The Morgan fingerprint density at radius 3 is 2.87 bits per heavy atom. The molecular weight excluding hydrogens is 480 g/mol. The van der Waals surface area contributed by atoms with E-state index in [0.717, 1.165) is 19.7 Å². The average Bonchev–Trinajstić information content (AvgIpc) is 3.41. The van der Waals surface area contributed by atoms with Crippen molar-refractivity contribution in [2.24, 2.45) is 0 Å². The summed E-state index contributed by atoms with van der Waals surface area (Å²) in [6.45, 7) is 0.0881. The minimum atomic E-state index is -0.309. The van der Waals surface area contributed by atoms with Crippen LogP contribution in [0.15, 0.2) is 74.6 Å². The van der Waals surface area contributed by atoms with Gasteiger partial charge in [-0.1, -0.05) is 28.1 Å². The maximum atomic E-state index is 12.6. The third-order valence-corrected chi connectivity index (χ3v) is 6.27. The monoisotopic (exact) mass is 494 g/mol. The van der Waals surface area contributed by atoms with E-state index >= 15 is 0 Å². The molecule has 0 spiro atoms. The van der Waals surface area contributed by atoms with Gasteiger partial charge in [0.1, 0.15) is 12.3 Å². The number of carbonyl (C=O) groups excluding carboxylic acids is 1. The first kappa shape index (κ1) is 19.7. The molecule has 5 rings (SSSR count). The summed E-state index contributed by atoms with van der Waals surface area (Å²) in [5.74, 6) is 0.956. The number of halogens is 1. The number of fused-ring (bicyclic) bond motifs is 2. The van der Waals surface area contributed by atoms with Crippen LogP contribution in [-0.4, -0.2) is 20.4 Å². The second kappa shape index (κ2) is 8.09.